The summed E-state index contributed by atoms with van der Waals surface area (Å²) in [6, 6.07) is 7.95. The first kappa shape index (κ1) is 12.0. The smallest absolute Gasteiger partial charge is 0.0736 e. The van der Waals surface area contributed by atoms with Gasteiger partial charge < -0.3 is 15.5 Å². The maximum absolute atomic E-state index is 10.0. The summed E-state index contributed by atoms with van der Waals surface area (Å²) in [5.41, 5.74) is 1.09. The van der Waals surface area contributed by atoms with Gasteiger partial charge in [0.1, 0.15) is 0 Å². The topological polar surface area (TPSA) is 52.5 Å². The van der Waals surface area contributed by atoms with E-state index in [-0.39, 0.29) is 18.4 Å². The Kier molecular flexibility index (Phi) is 3.97. The van der Waals surface area contributed by atoms with Crippen molar-refractivity contribution in [2.45, 2.75) is 12.0 Å². The number of aliphatic hydroxyl groups is 2. The molecule has 88 valence electrons. The maximum Gasteiger partial charge on any atom is 0.0736 e. The second-order valence-electron chi connectivity index (χ2n) is 4.25. The molecule has 0 radical (unpaired) electrons. The van der Waals surface area contributed by atoms with Crippen molar-refractivity contribution in [2.24, 2.45) is 5.92 Å². The van der Waals surface area contributed by atoms with Crippen LogP contribution in [0.25, 0.3) is 0 Å². The lowest BCUT2D eigenvalue weighted by molar-refractivity contribution is 0.0614. The van der Waals surface area contributed by atoms with Crippen molar-refractivity contribution in [2.75, 3.05) is 19.7 Å². The summed E-state index contributed by atoms with van der Waals surface area (Å²) >= 11 is 3.39. The Bertz CT molecular complexity index is 341. The van der Waals surface area contributed by atoms with Crippen LogP contribution in [0, 0.1) is 5.92 Å². The first-order valence-electron chi connectivity index (χ1n) is 5.47. The van der Waals surface area contributed by atoms with E-state index in [9.17, 15) is 10.2 Å². The Morgan fingerprint density at radius 1 is 1.25 bits per heavy atom. The van der Waals surface area contributed by atoms with E-state index in [0.29, 0.717) is 6.54 Å². The first-order chi connectivity index (χ1) is 7.72. The maximum atomic E-state index is 10.0. The average Bonchev–Trinajstić information content (AvgIpc) is 2.30. The molecule has 0 aromatic heterocycles. The summed E-state index contributed by atoms with van der Waals surface area (Å²) in [6.45, 7) is 1.45. The van der Waals surface area contributed by atoms with Gasteiger partial charge in [0.05, 0.1) is 6.10 Å². The Labute approximate surface area is 104 Å². The number of benzene rings is 1. The highest BCUT2D eigenvalue weighted by Gasteiger charge is 2.32. The van der Waals surface area contributed by atoms with Gasteiger partial charge in [0, 0.05) is 36.0 Å². The van der Waals surface area contributed by atoms with Crippen molar-refractivity contribution >= 4 is 15.9 Å². The van der Waals surface area contributed by atoms with E-state index in [1.165, 1.54) is 0 Å². The van der Waals surface area contributed by atoms with Crippen LogP contribution in [0.15, 0.2) is 28.7 Å². The Balaban J connectivity index is 2.24. The molecule has 0 saturated carbocycles. The predicted molar refractivity (Wildman–Crippen MR) is 66.3 cm³/mol. The van der Waals surface area contributed by atoms with Crippen LogP contribution in [0.4, 0.5) is 0 Å². The molecule has 1 aromatic carbocycles. The fourth-order valence-corrected chi connectivity index (χ4v) is 2.61. The number of piperidine rings is 1. The molecule has 1 saturated heterocycles. The highest BCUT2D eigenvalue weighted by Crippen LogP contribution is 2.31. The molecule has 1 aliphatic heterocycles. The summed E-state index contributed by atoms with van der Waals surface area (Å²) in [7, 11) is 0. The highest BCUT2D eigenvalue weighted by molar-refractivity contribution is 9.10. The quantitative estimate of drug-likeness (QED) is 0.763. The highest BCUT2D eigenvalue weighted by atomic mass is 79.9. The molecule has 4 heteroatoms. The van der Waals surface area contributed by atoms with Crippen LogP contribution in [0.3, 0.4) is 0 Å². The van der Waals surface area contributed by atoms with E-state index in [0.717, 1.165) is 16.6 Å². The van der Waals surface area contributed by atoms with Crippen LogP contribution in [-0.4, -0.2) is 36.0 Å². The number of rotatable bonds is 2. The van der Waals surface area contributed by atoms with Crippen molar-refractivity contribution in [1.82, 2.24) is 5.32 Å². The number of aliphatic hydroxyl groups excluding tert-OH is 2. The first-order valence-corrected chi connectivity index (χ1v) is 6.26. The molecular formula is C12H16BrNO2. The van der Waals surface area contributed by atoms with Gasteiger partial charge >= 0.3 is 0 Å². The molecule has 16 heavy (non-hydrogen) atoms. The third-order valence-electron chi connectivity index (χ3n) is 3.17. The van der Waals surface area contributed by atoms with Gasteiger partial charge in [0.2, 0.25) is 0 Å². The van der Waals surface area contributed by atoms with E-state index in [1.54, 1.807) is 0 Å². The van der Waals surface area contributed by atoms with Crippen molar-refractivity contribution in [3.05, 3.63) is 34.3 Å². The molecule has 0 aliphatic carbocycles. The van der Waals surface area contributed by atoms with Gasteiger partial charge in [-0.1, -0.05) is 28.1 Å². The summed E-state index contributed by atoms with van der Waals surface area (Å²) in [6.07, 6.45) is -0.424. The minimum Gasteiger partial charge on any atom is -0.396 e. The fourth-order valence-electron chi connectivity index (χ4n) is 2.34. The Morgan fingerprint density at radius 2 is 1.94 bits per heavy atom. The van der Waals surface area contributed by atoms with Gasteiger partial charge in [-0.05, 0) is 17.7 Å². The number of hydrogen-bond acceptors (Lipinski definition) is 3. The van der Waals surface area contributed by atoms with Crippen molar-refractivity contribution in [1.29, 1.82) is 0 Å². The van der Waals surface area contributed by atoms with E-state index >= 15 is 0 Å². The second kappa shape index (κ2) is 5.27. The van der Waals surface area contributed by atoms with Crippen molar-refractivity contribution < 1.29 is 10.2 Å². The molecule has 0 amide bonds. The lowest BCUT2D eigenvalue weighted by Crippen LogP contribution is -2.46. The van der Waals surface area contributed by atoms with Gasteiger partial charge in [0.25, 0.3) is 0 Å². The van der Waals surface area contributed by atoms with Crippen LogP contribution >= 0.6 is 15.9 Å². The number of nitrogens with one attached hydrogen (secondary N) is 1. The third kappa shape index (κ3) is 2.46. The number of hydrogen-bond donors (Lipinski definition) is 3. The normalized spacial score (nSPS) is 30.3. The molecule has 0 spiro atoms. The van der Waals surface area contributed by atoms with Crippen LogP contribution in [-0.2, 0) is 0 Å². The minimum absolute atomic E-state index is 0.0272. The summed E-state index contributed by atoms with van der Waals surface area (Å²) in [5.74, 6) is 0.115. The SMILES string of the molecule is OCC1CNCC(O)C1c1ccc(Br)cc1. The molecule has 2 rings (SSSR count). The van der Waals surface area contributed by atoms with Gasteiger partial charge in [-0.25, -0.2) is 0 Å². The Morgan fingerprint density at radius 3 is 2.56 bits per heavy atom. The standard InChI is InChI=1S/C12H16BrNO2/c13-10-3-1-8(2-4-10)12-9(7-15)5-14-6-11(12)16/h1-4,9,11-12,14-16H,5-7H2. The summed E-state index contributed by atoms with van der Waals surface area (Å²) < 4.78 is 1.03. The predicted octanol–water partition coefficient (Wildman–Crippen LogP) is 1.11. The monoisotopic (exact) mass is 285 g/mol. The second-order valence-corrected chi connectivity index (χ2v) is 5.16. The van der Waals surface area contributed by atoms with E-state index in [1.807, 2.05) is 24.3 Å². The van der Waals surface area contributed by atoms with E-state index in [4.69, 9.17) is 0 Å². The summed E-state index contributed by atoms with van der Waals surface area (Å²) in [5, 5.41) is 22.5. The molecule has 3 N–H and O–H groups in total. The zero-order chi connectivity index (χ0) is 11.5. The minimum atomic E-state index is -0.424. The largest absolute Gasteiger partial charge is 0.396 e. The fraction of sp³-hybridized carbons (Fsp3) is 0.500. The van der Waals surface area contributed by atoms with E-state index < -0.39 is 6.10 Å². The van der Waals surface area contributed by atoms with E-state index in [2.05, 4.69) is 21.2 Å². The van der Waals surface area contributed by atoms with Gasteiger partial charge in [-0.3, -0.25) is 0 Å². The van der Waals surface area contributed by atoms with Crippen molar-refractivity contribution in [3.63, 3.8) is 0 Å². The molecule has 3 atom stereocenters. The third-order valence-corrected chi connectivity index (χ3v) is 3.70. The number of β-amino-alcohol motifs (C(OH)–C–C–N with tert-alkyl or cyclic N) is 1. The van der Waals surface area contributed by atoms with Gasteiger partial charge in [0.15, 0.2) is 0 Å². The van der Waals surface area contributed by atoms with Crippen LogP contribution in [0.2, 0.25) is 0 Å². The average molecular weight is 286 g/mol. The van der Waals surface area contributed by atoms with Gasteiger partial charge in [-0.15, -0.1) is 0 Å². The zero-order valence-corrected chi connectivity index (χ0v) is 10.5. The van der Waals surface area contributed by atoms with Crippen molar-refractivity contribution in [3.8, 4) is 0 Å². The lowest BCUT2D eigenvalue weighted by atomic mass is 9.80. The summed E-state index contributed by atoms with van der Waals surface area (Å²) in [4.78, 5) is 0. The zero-order valence-electron chi connectivity index (χ0n) is 8.94. The Hall–Kier alpha value is -0.420. The molecule has 1 fully saturated rings. The lowest BCUT2D eigenvalue weighted by Gasteiger charge is -2.35. The molecule has 1 heterocycles. The molecule has 0 bridgehead atoms. The molecule has 1 aliphatic rings. The van der Waals surface area contributed by atoms with Crippen LogP contribution < -0.4 is 5.32 Å². The van der Waals surface area contributed by atoms with Crippen LogP contribution in [0.1, 0.15) is 11.5 Å². The van der Waals surface area contributed by atoms with Gasteiger partial charge in [-0.2, -0.15) is 0 Å². The molecule has 3 unspecified atom stereocenters. The van der Waals surface area contributed by atoms with Crippen LogP contribution in [0.5, 0.6) is 0 Å². The molecule has 1 aromatic rings. The molecular weight excluding hydrogens is 270 g/mol. The number of halogens is 1. The molecule has 3 nitrogen and oxygen atoms in total.